The minimum atomic E-state index is -3.98. The zero-order chi connectivity index (χ0) is 38.9. The number of fused-ring (bicyclic) bond motifs is 1. The van der Waals surface area contributed by atoms with Crippen molar-refractivity contribution in [3.63, 3.8) is 0 Å². The van der Waals surface area contributed by atoms with E-state index in [1.807, 2.05) is 13.0 Å². The average Bonchev–Trinajstić information content (AvgIpc) is 3.66. The summed E-state index contributed by atoms with van der Waals surface area (Å²) in [5, 5.41) is 3.46. The van der Waals surface area contributed by atoms with Gasteiger partial charge in [0, 0.05) is 29.7 Å². The largest absolute Gasteiger partial charge is 0.410 e. The van der Waals surface area contributed by atoms with Gasteiger partial charge in [0.05, 0.1) is 23.2 Å². The summed E-state index contributed by atoms with van der Waals surface area (Å²) in [6.45, 7) is 22.5. The fourth-order valence-corrected chi connectivity index (χ4v) is 15.8. The SMILES string of the molecule is CNS(=O)(=O)O[C@@H]1C[C@H](Nc2ncncc2C(=O)c2cc([C@H]3OCCc4ccc(C#C[Si](C)(C)C)cc43)c(C)s2)C[C@@H]1O[Si](C(C)C)(C(C)C)C(C)C. The molecule has 0 radical (unpaired) electrons. The molecule has 4 atom stereocenters. The Balaban J connectivity index is 1.41. The van der Waals surface area contributed by atoms with E-state index in [1.165, 1.54) is 30.3 Å². The predicted octanol–water partition coefficient (Wildman–Crippen LogP) is 7.95. The number of aromatic nitrogens is 2. The van der Waals surface area contributed by atoms with Crippen LogP contribution in [0.4, 0.5) is 5.82 Å². The molecule has 1 aliphatic heterocycles. The summed E-state index contributed by atoms with van der Waals surface area (Å²) in [5.41, 5.74) is 9.00. The minimum absolute atomic E-state index is 0.194. The molecule has 5 rings (SSSR count). The van der Waals surface area contributed by atoms with Gasteiger partial charge in [0.25, 0.3) is 0 Å². The van der Waals surface area contributed by atoms with Gasteiger partial charge in [-0.3, -0.25) is 8.98 Å². The van der Waals surface area contributed by atoms with Crippen molar-refractivity contribution >= 4 is 49.6 Å². The average molecular weight is 797 g/mol. The third-order valence-electron chi connectivity index (χ3n) is 10.4. The Hall–Kier alpha value is -2.75. The number of ketones is 1. The summed E-state index contributed by atoms with van der Waals surface area (Å²) in [4.78, 5) is 24.5. The number of hydrogen-bond donors (Lipinski definition) is 2. The lowest BCUT2D eigenvalue weighted by molar-refractivity contribution is 0.0678. The van der Waals surface area contributed by atoms with Crippen molar-refractivity contribution < 1.29 is 26.6 Å². The van der Waals surface area contributed by atoms with Crippen LogP contribution < -0.4 is 10.0 Å². The number of carbonyl (C=O) groups is 1. The van der Waals surface area contributed by atoms with Crippen molar-refractivity contribution in [3.8, 4) is 11.5 Å². The van der Waals surface area contributed by atoms with Crippen LogP contribution >= 0.6 is 11.3 Å². The van der Waals surface area contributed by atoms with Crippen LogP contribution in [0, 0.1) is 18.4 Å². The van der Waals surface area contributed by atoms with Crippen LogP contribution in [0.15, 0.2) is 36.8 Å². The summed E-state index contributed by atoms with van der Waals surface area (Å²) in [6, 6.07) is 8.08. The first-order valence-corrected chi connectivity index (χ1v) is 26.5. The second kappa shape index (κ2) is 16.5. The Labute approximate surface area is 322 Å². The Kier molecular flexibility index (Phi) is 12.9. The quantitative estimate of drug-likeness (QED) is 0.101. The zero-order valence-corrected chi connectivity index (χ0v) is 36.6. The molecule has 1 fully saturated rings. The molecule has 0 amide bonds. The molecule has 3 aromatic rings. The molecule has 14 heteroatoms. The number of nitrogens with one attached hydrogen (secondary N) is 2. The number of aryl methyl sites for hydroxylation is 1. The van der Waals surface area contributed by atoms with Crippen molar-refractivity contribution in [2.45, 2.75) is 128 Å². The van der Waals surface area contributed by atoms with Crippen LogP contribution in [0.25, 0.3) is 0 Å². The maximum absolute atomic E-state index is 14.2. The van der Waals surface area contributed by atoms with Crippen LogP contribution in [-0.4, -0.2) is 72.5 Å². The summed E-state index contributed by atoms with van der Waals surface area (Å²) >= 11 is 1.43. The zero-order valence-electron chi connectivity index (χ0n) is 33.0. The van der Waals surface area contributed by atoms with Crippen molar-refractivity contribution in [1.29, 1.82) is 0 Å². The maximum Gasteiger partial charge on any atom is 0.335 e. The Morgan fingerprint density at radius 2 is 1.70 bits per heavy atom. The summed E-state index contributed by atoms with van der Waals surface area (Å²) in [6.07, 6.45) is 3.16. The van der Waals surface area contributed by atoms with Gasteiger partial charge in [-0.15, -0.1) is 16.9 Å². The van der Waals surface area contributed by atoms with Crippen molar-refractivity contribution in [1.82, 2.24) is 14.7 Å². The molecule has 0 bridgehead atoms. The standard InChI is InChI=1S/C39H56N4O6S2Si2/c1-24(2)53(25(3)4,26(5)6)49-35-20-30(19-34(35)48-51(45,46)40-8)43-39-33(22-41-23-42-39)37(44)36-21-31(27(7)50-36)38-32-18-28(15-17-52(9,10)11)12-13-29(32)14-16-47-38/h12-13,18,21-26,30,34-35,38,40H,14,16,19-20H2,1-11H3,(H,41,42,43)/t30-,34+,35-,38+/m0/s1. The van der Waals surface area contributed by atoms with Gasteiger partial charge < -0.3 is 14.5 Å². The number of rotatable bonds is 13. The highest BCUT2D eigenvalue weighted by atomic mass is 32.2. The minimum Gasteiger partial charge on any atom is -0.410 e. The van der Waals surface area contributed by atoms with Gasteiger partial charge in [-0.1, -0.05) is 73.2 Å². The van der Waals surface area contributed by atoms with Gasteiger partial charge in [0.1, 0.15) is 32.4 Å². The second-order valence-electron chi connectivity index (χ2n) is 16.2. The Morgan fingerprint density at radius 1 is 1.02 bits per heavy atom. The van der Waals surface area contributed by atoms with Gasteiger partial charge in [-0.25, -0.2) is 9.97 Å². The molecule has 2 aromatic heterocycles. The van der Waals surface area contributed by atoms with Crippen LogP contribution in [0.1, 0.15) is 103 Å². The summed E-state index contributed by atoms with van der Waals surface area (Å²) in [7, 11) is -6.58. The van der Waals surface area contributed by atoms with E-state index in [2.05, 4.69) is 111 Å². The van der Waals surface area contributed by atoms with Crippen LogP contribution in [0.5, 0.6) is 0 Å². The van der Waals surface area contributed by atoms with Gasteiger partial charge in [0.2, 0.25) is 14.1 Å². The monoisotopic (exact) mass is 796 g/mol. The van der Waals surface area contributed by atoms with Crippen molar-refractivity contribution in [2.75, 3.05) is 19.0 Å². The lowest BCUT2D eigenvalue weighted by atomic mass is 9.91. The van der Waals surface area contributed by atoms with Crippen molar-refractivity contribution in [3.05, 3.63) is 74.4 Å². The van der Waals surface area contributed by atoms with E-state index in [0.717, 1.165) is 28.0 Å². The molecule has 2 aliphatic rings. The lowest BCUT2D eigenvalue weighted by Gasteiger charge is -2.44. The molecule has 2 N–H and O–H groups in total. The number of anilines is 1. The second-order valence-corrected chi connectivity index (χ2v) is 29.2. The normalized spacial score (nSPS) is 20.8. The number of nitrogens with zero attached hydrogens (tertiary/aromatic N) is 2. The number of thiophene rings is 1. The fraction of sp³-hybridized carbons (Fsp3) is 0.564. The van der Waals surface area contributed by atoms with E-state index in [1.54, 1.807) is 6.20 Å². The van der Waals surface area contributed by atoms with Gasteiger partial charge in [-0.05, 0) is 77.7 Å². The molecule has 0 spiro atoms. The molecule has 288 valence electrons. The number of carbonyl (C=O) groups excluding carboxylic acids is 1. The van der Waals surface area contributed by atoms with E-state index < -0.39 is 38.9 Å². The molecule has 1 aromatic carbocycles. The number of ether oxygens (including phenoxy) is 1. The lowest BCUT2D eigenvalue weighted by Crippen LogP contribution is -2.52. The molecule has 10 nitrogen and oxygen atoms in total. The molecule has 53 heavy (non-hydrogen) atoms. The number of benzene rings is 1. The number of hydrogen-bond acceptors (Lipinski definition) is 10. The smallest absolute Gasteiger partial charge is 0.335 e. The van der Waals surface area contributed by atoms with E-state index in [0.29, 0.717) is 52.3 Å². The molecule has 1 aliphatic carbocycles. The maximum atomic E-state index is 14.2. The first-order chi connectivity index (χ1) is 24.8. The molecule has 0 unspecified atom stereocenters. The summed E-state index contributed by atoms with van der Waals surface area (Å²) in [5.74, 6) is 3.58. The van der Waals surface area contributed by atoms with Gasteiger partial charge in [0.15, 0.2) is 0 Å². The molecular formula is C39H56N4O6S2Si2. The fourth-order valence-electron chi connectivity index (χ4n) is 8.03. The first kappa shape index (κ1) is 41.4. The highest BCUT2D eigenvalue weighted by Gasteiger charge is 2.50. The van der Waals surface area contributed by atoms with E-state index >= 15 is 0 Å². The van der Waals surface area contributed by atoms with E-state index in [9.17, 15) is 13.2 Å². The molecule has 1 saturated carbocycles. The van der Waals surface area contributed by atoms with Crippen LogP contribution in [0.3, 0.4) is 0 Å². The predicted molar refractivity (Wildman–Crippen MR) is 218 cm³/mol. The van der Waals surface area contributed by atoms with E-state index in [4.69, 9.17) is 13.3 Å². The van der Waals surface area contributed by atoms with E-state index in [-0.39, 0.29) is 17.9 Å². The molecule has 0 saturated heterocycles. The summed E-state index contributed by atoms with van der Waals surface area (Å²) < 4.78 is 46.8. The third kappa shape index (κ3) is 9.38. The molecule has 3 heterocycles. The van der Waals surface area contributed by atoms with Gasteiger partial charge >= 0.3 is 10.3 Å². The van der Waals surface area contributed by atoms with Crippen molar-refractivity contribution in [2.24, 2.45) is 0 Å². The topological polar surface area (TPSA) is 129 Å². The Bertz CT molecular complexity index is 1940. The molecular weight excluding hydrogens is 741 g/mol. The Morgan fingerprint density at radius 3 is 2.34 bits per heavy atom. The van der Waals surface area contributed by atoms with Crippen LogP contribution in [0.2, 0.25) is 36.3 Å². The third-order valence-corrected chi connectivity index (χ3v) is 19.5. The highest BCUT2D eigenvalue weighted by Crippen LogP contribution is 2.46. The van der Waals surface area contributed by atoms with Gasteiger partial charge in [-0.2, -0.15) is 13.1 Å². The highest BCUT2D eigenvalue weighted by molar-refractivity contribution is 7.84. The first-order valence-electron chi connectivity index (χ1n) is 18.6. The van der Waals surface area contributed by atoms with Crippen LogP contribution in [-0.2, 0) is 30.1 Å².